The summed E-state index contributed by atoms with van der Waals surface area (Å²) in [5.41, 5.74) is 0. The third kappa shape index (κ3) is 0.833. The van der Waals surface area contributed by atoms with Crippen molar-refractivity contribution in [2.24, 2.45) is 0 Å². The third-order valence-electron chi connectivity index (χ3n) is 1.57. The van der Waals surface area contributed by atoms with Crippen molar-refractivity contribution in [1.29, 1.82) is 0 Å². The Bertz CT molecular complexity index is 145. The largest absolute Gasteiger partial charge is 0.529 e. The van der Waals surface area contributed by atoms with Crippen LogP contribution in [0, 0.1) is 0 Å². The second kappa shape index (κ2) is 2.10. The van der Waals surface area contributed by atoms with Crippen molar-refractivity contribution < 1.29 is 14.4 Å². The van der Waals surface area contributed by atoms with Crippen LogP contribution in [0.4, 0.5) is 4.79 Å². The number of carbonyl (C=O) groups is 1. The van der Waals surface area contributed by atoms with Crippen molar-refractivity contribution in [3.05, 3.63) is 0 Å². The van der Waals surface area contributed by atoms with E-state index in [4.69, 9.17) is 9.57 Å². The van der Waals surface area contributed by atoms with Gasteiger partial charge in [-0.05, 0) is 0 Å². The number of nitrogens with one attached hydrogen (secondary N) is 1. The van der Waals surface area contributed by atoms with Gasteiger partial charge in [-0.15, -0.1) is 0 Å². The van der Waals surface area contributed by atoms with E-state index in [9.17, 15) is 4.79 Å². The Balaban J connectivity index is 2.04. The zero-order chi connectivity index (χ0) is 6.97. The van der Waals surface area contributed by atoms with Crippen LogP contribution in [0.25, 0.3) is 0 Å². The van der Waals surface area contributed by atoms with Crippen molar-refractivity contribution in [3.63, 3.8) is 0 Å². The summed E-state index contributed by atoms with van der Waals surface area (Å²) in [5, 5.41) is 4.63. The van der Waals surface area contributed by atoms with E-state index in [0.29, 0.717) is 13.1 Å². The molecule has 1 N–H and O–H groups in total. The molecule has 0 aliphatic carbocycles. The zero-order valence-corrected chi connectivity index (χ0v) is 5.37. The molecule has 0 aromatic rings. The topological polar surface area (TPSA) is 50.8 Å². The van der Waals surface area contributed by atoms with Crippen LogP contribution in [-0.4, -0.2) is 37.1 Å². The summed E-state index contributed by atoms with van der Waals surface area (Å²) in [7, 11) is 0. The monoisotopic (exact) mass is 144 g/mol. The number of hydrogen-bond acceptors (Lipinski definition) is 5. The highest BCUT2D eigenvalue weighted by Crippen LogP contribution is 2.14. The molecule has 2 aliphatic heterocycles. The van der Waals surface area contributed by atoms with Gasteiger partial charge in [-0.1, -0.05) is 5.06 Å². The molecule has 0 aromatic heterocycles. The molecule has 2 aliphatic rings. The van der Waals surface area contributed by atoms with Crippen LogP contribution in [0.5, 0.6) is 0 Å². The second-order valence-corrected chi connectivity index (χ2v) is 2.26. The smallest absolute Gasteiger partial charge is 0.409 e. The predicted octanol–water partition coefficient (Wildman–Crippen LogP) is -0.701. The first-order chi connectivity index (χ1) is 4.86. The quantitative estimate of drug-likeness (QED) is 0.455. The summed E-state index contributed by atoms with van der Waals surface area (Å²) in [5.74, 6) is 0. The molecule has 2 saturated heterocycles. The highest BCUT2D eigenvalue weighted by molar-refractivity contribution is 5.61. The molecule has 2 rings (SSSR count). The van der Waals surface area contributed by atoms with E-state index in [1.54, 1.807) is 5.06 Å². The lowest BCUT2D eigenvalue weighted by Crippen LogP contribution is -2.47. The first kappa shape index (κ1) is 5.94. The Kier molecular flexibility index (Phi) is 1.25. The first-order valence-electron chi connectivity index (χ1n) is 3.22. The SMILES string of the molecule is O=C1OC2CNCCN2O1. The molecule has 0 spiro atoms. The number of carbonyl (C=O) groups excluding carboxylic acids is 1. The minimum Gasteiger partial charge on any atom is -0.409 e. The maximum Gasteiger partial charge on any atom is 0.529 e. The van der Waals surface area contributed by atoms with E-state index in [1.807, 2.05) is 0 Å². The number of fused-ring (bicyclic) bond motifs is 1. The van der Waals surface area contributed by atoms with Gasteiger partial charge in [0.05, 0.1) is 6.54 Å². The van der Waals surface area contributed by atoms with Crippen molar-refractivity contribution in [2.45, 2.75) is 6.23 Å². The average Bonchev–Trinajstić information content (AvgIpc) is 2.27. The molecular weight excluding hydrogens is 136 g/mol. The Morgan fingerprint density at radius 1 is 1.70 bits per heavy atom. The highest BCUT2D eigenvalue weighted by Gasteiger charge is 2.35. The average molecular weight is 144 g/mol. The summed E-state index contributed by atoms with van der Waals surface area (Å²) in [6, 6.07) is 0. The van der Waals surface area contributed by atoms with Crippen LogP contribution in [0.2, 0.25) is 0 Å². The molecule has 1 unspecified atom stereocenters. The van der Waals surface area contributed by atoms with Gasteiger partial charge in [0, 0.05) is 13.1 Å². The van der Waals surface area contributed by atoms with E-state index in [0.717, 1.165) is 6.54 Å². The van der Waals surface area contributed by atoms with E-state index < -0.39 is 6.16 Å². The summed E-state index contributed by atoms with van der Waals surface area (Å²) in [6.07, 6.45) is -0.796. The Morgan fingerprint density at radius 3 is 3.40 bits per heavy atom. The number of nitrogens with zero attached hydrogens (tertiary/aromatic N) is 1. The molecule has 1 atom stereocenters. The van der Waals surface area contributed by atoms with Crippen LogP contribution in [0.1, 0.15) is 0 Å². The van der Waals surface area contributed by atoms with E-state index in [2.05, 4.69) is 5.32 Å². The van der Waals surface area contributed by atoms with Crippen LogP contribution in [0.15, 0.2) is 0 Å². The number of piperazine rings is 1. The van der Waals surface area contributed by atoms with Gasteiger partial charge in [0.1, 0.15) is 0 Å². The fraction of sp³-hybridized carbons (Fsp3) is 0.800. The Hall–Kier alpha value is -0.810. The summed E-state index contributed by atoms with van der Waals surface area (Å²) in [6.45, 7) is 2.20. The fourth-order valence-corrected chi connectivity index (χ4v) is 1.09. The molecule has 0 aromatic carbocycles. The van der Waals surface area contributed by atoms with Gasteiger partial charge < -0.3 is 14.9 Å². The molecule has 0 radical (unpaired) electrons. The molecule has 0 saturated carbocycles. The zero-order valence-electron chi connectivity index (χ0n) is 5.37. The molecule has 5 nitrogen and oxygen atoms in total. The number of hydroxylamine groups is 2. The fourth-order valence-electron chi connectivity index (χ4n) is 1.09. The van der Waals surface area contributed by atoms with Crippen molar-refractivity contribution >= 4 is 6.16 Å². The predicted molar refractivity (Wildman–Crippen MR) is 30.9 cm³/mol. The standard InChI is InChI=1S/C5H8N2O3/c8-5-9-4-3-6-1-2-7(4)10-5/h4,6H,1-3H2. The van der Waals surface area contributed by atoms with Crippen molar-refractivity contribution in [1.82, 2.24) is 10.4 Å². The van der Waals surface area contributed by atoms with Crippen LogP contribution in [0.3, 0.4) is 0 Å². The van der Waals surface area contributed by atoms with Gasteiger partial charge in [-0.25, -0.2) is 4.79 Å². The van der Waals surface area contributed by atoms with Crippen LogP contribution in [-0.2, 0) is 9.57 Å². The molecule has 0 bridgehead atoms. The van der Waals surface area contributed by atoms with Gasteiger partial charge in [0.25, 0.3) is 0 Å². The van der Waals surface area contributed by atoms with E-state index in [-0.39, 0.29) is 6.23 Å². The molecule has 56 valence electrons. The van der Waals surface area contributed by atoms with E-state index >= 15 is 0 Å². The Labute approximate surface area is 57.8 Å². The molecule has 2 heterocycles. The lowest BCUT2D eigenvalue weighted by molar-refractivity contribution is -0.115. The maximum absolute atomic E-state index is 10.5. The summed E-state index contributed by atoms with van der Waals surface area (Å²) < 4.78 is 4.77. The number of rotatable bonds is 0. The number of ether oxygens (including phenoxy) is 1. The summed E-state index contributed by atoms with van der Waals surface area (Å²) in [4.78, 5) is 15.2. The molecule has 0 amide bonds. The van der Waals surface area contributed by atoms with Gasteiger partial charge in [-0.2, -0.15) is 0 Å². The third-order valence-corrected chi connectivity index (χ3v) is 1.57. The highest BCUT2D eigenvalue weighted by atomic mass is 16.9. The molecule has 5 heteroatoms. The van der Waals surface area contributed by atoms with E-state index in [1.165, 1.54) is 0 Å². The molecular formula is C5H8N2O3. The van der Waals surface area contributed by atoms with Crippen LogP contribution >= 0.6 is 0 Å². The lowest BCUT2D eigenvalue weighted by atomic mass is 10.4. The van der Waals surface area contributed by atoms with Gasteiger partial charge in [-0.3, -0.25) is 0 Å². The maximum atomic E-state index is 10.5. The number of hydrogen-bond donors (Lipinski definition) is 1. The minimum absolute atomic E-state index is 0.207. The molecule has 2 fully saturated rings. The molecule has 10 heavy (non-hydrogen) atoms. The summed E-state index contributed by atoms with van der Waals surface area (Å²) >= 11 is 0. The normalized spacial score (nSPS) is 32.8. The van der Waals surface area contributed by atoms with Gasteiger partial charge in [0.15, 0.2) is 0 Å². The first-order valence-corrected chi connectivity index (χ1v) is 3.22. The minimum atomic E-state index is -0.589. The van der Waals surface area contributed by atoms with Crippen LogP contribution < -0.4 is 5.32 Å². The Morgan fingerprint density at radius 2 is 2.60 bits per heavy atom. The van der Waals surface area contributed by atoms with Gasteiger partial charge >= 0.3 is 6.16 Å². The second-order valence-electron chi connectivity index (χ2n) is 2.26. The van der Waals surface area contributed by atoms with Crippen molar-refractivity contribution in [3.8, 4) is 0 Å². The van der Waals surface area contributed by atoms with Crippen molar-refractivity contribution in [2.75, 3.05) is 19.6 Å². The van der Waals surface area contributed by atoms with Gasteiger partial charge in [0.2, 0.25) is 6.23 Å². The lowest BCUT2D eigenvalue weighted by Gasteiger charge is -2.23.